The standard InChI is InChI=1S/C4H8O2/c1-2-3-4(5)6/h2-3H2,1H3,(H,5,6)/i1T. The first-order valence-corrected chi connectivity index (χ1v) is 1.78. The molecule has 36 valence electrons. The molecule has 0 unspecified atom stereocenters. The zero-order valence-electron chi connectivity index (χ0n) is 4.48. The van der Waals surface area contributed by atoms with Crippen molar-refractivity contribution in [1.29, 1.82) is 0 Å². The molecule has 0 bridgehead atoms. The number of hydrogen-bond acceptors (Lipinski definition) is 1. The third kappa shape index (κ3) is 3.47. The van der Waals surface area contributed by atoms with Crippen molar-refractivity contribution in [3.63, 3.8) is 0 Å². The molecule has 0 spiro atoms. The number of carboxylic acid groups (broad SMARTS) is 1. The molecular weight excluding hydrogens is 80.0 g/mol. The predicted molar refractivity (Wildman–Crippen MR) is 22.5 cm³/mol. The number of carboxylic acids is 1. The van der Waals surface area contributed by atoms with E-state index in [-0.39, 0.29) is 13.3 Å². The van der Waals surface area contributed by atoms with Crippen molar-refractivity contribution >= 4 is 5.97 Å². The number of aliphatic carboxylic acids is 1. The molecule has 6 heavy (non-hydrogen) atoms. The molecular formula is C4H8O2. The average molecular weight is 90.1 g/mol. The van der Waals surface area contributed by atoms with Gasteiger partial charge >= 0.3 is 5.97 Å². The topological polar surface area (TPSA) is 37.3 Å². The smallest absolute Gasteiger partial charge is 0.303 e. The van der Waals surface area contributed by atoms with Crippen LogP contribution in [-0.2, 0) is 4.79 Å². The molecule has 0 radical (unpaired) electrons. The average Bonchev–Trinajstić information content (AvgIpc) is 1.61. The molecule has 0 aliphatic rings. The maximum Gasteiger partial charge on any atom is 0.303 e. The second kappa shape index (κ2) is 2.69. The zero-order valence-corrected chi connectivity index (χ0v) is 3.48. The van der Waals surface area contributed by atoms with E-state index in [1.165, 1.54) is 0 Å². The fraction of sp³-hybridized carbons (Fsp3) is 0.750. The molecule has 0 aromatic heterocycles. The number of carbonyl (C=O) groups is 1. The lowest BCUT2D eigenvalue weighted by Gasteiger charge is -1.79. The minimum Gasteiger partial charge on any atom is -0.481 e. The number of rotatable bonds is 2. The van der Waals surface area contributed by atoms with Crippen LogP contribution in [0.15, 0.2) is 0 Å². The Hall–Kier alpha value is -0.530. The van der Waals surface area contributed by atoms with Crippen molar-refractivity contribution in [2.75, 3.05) is 0 Å². The second-order valence-corrected chi connectivity index (χ2v) is 0.997. The van der Waals surface area contributed by atoms with E-state index in [2.05, 4.69) is 0 Å². The van der Waals surface area contributed by atoms with Crippen LogP contribution >= 0.6 is 0 Å². The molecule has 0 amide bonds. The van der Waals surface area contributed by atoms with Crippen LogP contribution in [0.3, 0.4) is 0 Å². The van der Waals surface area contributed by atoms with Crippen molar-refractivity contribution in [2.24, 2.45) is 0 Å². The van der Waals surface area contributed by atoms with Gasteiger partial charge in [0, 0.05) is 7.79 Å². The van der Waals surface area contributed by atoms with E-state index in [0.29, 0.717) is 6.42 Å². The lowest BCUT2D eigenvalue weighted by Crippen LogP contribution is -1.90. The summed E-state index contributed by atoms with van der Waals surface area (Å²) in [5.41, 5.74) is 0. The Morgan fingerprint density at radius 3 is 3.00 bits per heavy atom. The van der Waals surface area contributed by atoms with Gasteiger partial charge in [0.2, 0.25) is 0 Å². The summed E-state index contributed by atoms with van der Waals surface area (Å²) >= 11 is 0. The quantitative estimate of drug-likeness (QED) is 0.546. The molecule has 0 saturated heterocycles. The molecule has 0 aliphatic carbocycles. The van der Waals surface area contributed by atoms with Gasteiger partial charge in [0.05, 0.1) is 0 Å². The van der Waals surface area contributed by atoms with Gasteiger partial charge < -0.3 is 5.11 Å². The van der Waals surface area contributed by atoms with E-state index < -0.39 is 5.97 Å². The summed E-state index contributed by atoms with van der Waals surface area (Å²) in [6, 6.07) is 0. The molecule has 2 heteroatoms. The highest BCUT2D eigenvalue weighted by molar-refractivity contribution is 5.66. The van der Waals surface area contributed by atoms with Crippen LogP contribution in [0.25, 0.3) is 0 Å². The Bertz CT molecular complexity index is 62.7. The van der Waals surface area contributed by atoms with Crippen molar-refractivity contribution in [2.45, 2.75) is 19.7 Å². The highest BCUT2D eigenvalue weighted by Gasteiger charge is 1.87. The molecule has 0 heterocycles. The highest BCUT2D eigenvalue weighted by Crippen LogP contribution is 1.82. The Labute approximate surface area is 38.2 Å². The molecule has 0 aliphatic heterocycles. The van der Waals surface area contributed by atoms with E-state index in [4.69, 9.17) is 6.48 Å². The largest absolute Gasteiger partial charge is 0.481 e. The molecule has 0 rings (SSSR count). The minimum absolute atomic E-state index is 0.128. The van der Waals surface area contributed by atoms with Crippen LogP contribution in [-0.4, -0.2) is 11.1 Å². The molecule has 0 saturated carbocycles. The summed E-state index contributed by atoms with van der Waals surface area (Å²) in [4.78, 5) is 9.67. The van der Waals surface area contributed by atoms with Crippen LogP contribution < -0.4 is 0 Å². The van der Waals surface area contributed by atoms with Gasteiger partial charge in [0.15, 0.2) is 0 Å². The summed E-state index contributed by atoms with van der Waals surface area (Å²) in [5.74, 6) is -0.813. The SMILES string of the molecule is [3H]CCCC(=O)O. The molecule has 2 nitrogen and oxygen atoms in total. The number of hydrogen-bond donors (Lipinski definition) is 1. The Morgan fingerprint density at radius 1 is 2.17 bits per heavy atom. The van der Waals surface area contributed by atoms with E-state index in [9.17, 15) is 4.79 Å². The van der Waals surface area contributed by atoms with Gasteiger partial charge in [-0.1, -0.05) is 6.90 Å². The summed E-state index contributed by atoms with van der Waals surface area (Å²) in [6.45, 7) is 0.215. The maximum atomic E-state index is 9.67. The molecule has 0 atom stereocenters. The Balaban J connectivity index is 2.82. The summed E-state index contributed by atoms with van der Waals surface area (Å²) in [5, 5.41) is 7.96. The van der Waals surface area contributed by atoms with Crippen molar-refractivity contribution in [3.05, 3.63) is 0 Å². The zero-order chi connectivity index (χ0) is 5.70. The van der Waals surface area contributed by atoms with Crippen LogP contribution in [0.5, 0.6) is 0 Å². The monoisotopic (exact) mass is 90.1 g/mol. The molecule has 1 N–H and O–H groups in total. The van der Waals surface area contributed by atoms with Gasteiger partial charge in [-0.3, -0.25) is 4.79 Å². The van der Waals surface area contributed by atoms with Crippen LogP contribution in [0, 0.1) is 0 Å². The Kier molecular flexibility index (Phi) is 1.64. The van der Waals surface area contributed by atoms with Crippen molar-refractivity contribution < 1.29 is 11.3 Å². The van der Waals surface area contributed by atoms with Crippen LogP contribution in [0.1, 0.15) is 21.1 Å². The maximum absolute atomic E-state index is 9.67. The van der Waals surface area contributed by atoms with Crippen LogP contribution in [0.4, 0.5) is 0 Å². The molecule has 0 fully saturated rings. The first kappa shape index (κ1) is 3.65. The summed E-state index contributed by atoms with van der Waals surface area (Å²) in [7, 11) is 0. The predicted octanol–water partition coefficient (Wildman–Crippen LogP) is 0.871. The van der Waals surface area contributed by atoms with Gasteiger partial charge in [-0.15, -0.1) is 0 Å². The van der Waals surface area contributed by atoms with Gasteiger partial charge in [-0.25, -0.2) is 0 Å². The van der Waals surface area contributed by atoms with E-state index in [1.807, 2.05) is 0 Å². The van der Waals surface area contributed by atoms with Crippen molar-refractivity contribution in [1.82, 2.24) is 0 Å². The van der Waals surface area contributed by atoms with Gasteiger partial charge in [-0.2, -0.15) is 0 Å². The third-order valence-corrected chi connectivity index (χ3v) is 0.391. The summed E-state index contributed by atoms with van der Waals surface area (Å²) in [6.07, 6.45) is 0.596. The minimum atomic E-state index is -0.813. The molecule has 0 aromatic rings. The second-order valence-electron chi connectivity index (χ2n) is 0.997. The highest BCUT2D eigenvalue weighted by atomic mass is 16.4. The lowest BCUT2D eigenvalue weighted by atomic mass is 10.4. The lowest BCUT2D eigenvalue weighted by molar-refractivity contribution is -0.137. The first-order chi connectivity index (χ1) is 3.27. The van der Waals surface area contributed by atoms with Gasteiger partial charge in [0.1, 0.15) is 0 Å². The van der Waals surface area contributed by atoms with Crippen LogP contribution in [0.2, 0.25) is 0 Å². The fourth-order valence-electron chi connectivity index (χ4n) is 0.151. The van der Waals surface area contributed by atoms with E-state index in [0.717, 1.165) is 0 Å². The van der Waals surface area contributed by atoms with Gasteiger partial charge in [-0.05, 0) is 6.42 Å². The first-order valence-electron chi connectivity index (χ1n) is 2.49. The normalized spacial score (nSPS) is 10.3. The van der Waals surface area contributed by atoms with Gasteiger partial charge in [0.25, 0.3) is 0 Å². The molecule has 0 aromatic carbocycles. The van der Waals surface area contributed by atoms with E-state index >= 15 is 0 Å². The van der Waals surface area contributed by atoms with Crippen molar-refractivity contribution in [3.8, 4) is 0 Å². The summed E-state index contributed by atoms with van der Waals surface area (Å²) < 4.78 is 6.53. The Morgan fingerprint density at radius 2 is 2.83 bits per heavy atom. The van der Waals surface area contributed by atoms with E-state index in [1.54, 1.807) is 0 Å². The third-order valence-electron chi connectivity index (χ3n) is 0.391. The fourth-order valence-corrected chi connectivity index (χ4v) is 0.151.